The summed E-state index contributed by atoms with van der Waals surface area (Å²) in [6.45, 7) is 3.36. The number of hydrogen-bond donors (Lipinski definition) is 0. The van der Waals surface area contributed by atoms with Crippen LogP contribution in [0.2, 0.25) is 0 Å². The van der Waals surface area contributed by atoms with Crippen molar-refractivity contribution in [2.75, 3.05) is 19.7 Å². The fourth-order valence-corrected chi connectivity index (χ4v) is 3.54. The Labute approximate surface area is 151 Å². The molecule has 2 aliphatic rings. The monoisotopic (exact) mass is 357 g/mol. The van der Waals surface area contributed by atoms with Gasteiger partial charge in [-0.1, -0.05) is 6.07 Å². The summed E-state index contributed by atoms with van der Waals surface area (Å²) >= 11 is 0. The minimum absolute atomic E-state index is 0.0192. The standard InChI is InChI=1S/C19H20FN3O3/c1-13-4-2-6-16(22-13)18(24)23-11-19(12-23)10-14(7-9-25-19)26-17-15(20)5-3-8-21-17/h2-6,8,14H,7,9-12H2,1H3/t14-/m0/s1. The van der Waals surface area contributed by atoms with E-state index < -0.39 is 11.4 Å². The summed E-state index contributed by atoms with van der Waals surface area (Å²) < 4.78 is 25.4. The SMILES string of the molecule is Cc1cccc(C(=O)N2CC3(C[C@@H](Oc4ncccc4F)CCO3)C2)n1. The Kier molecular flexibility index (Phi) is 4.32. The Morgan fingerprint density at radius 1 is 1.35 bits per heavy atom. The minimum atomic E-state index is -0.469. The highest BCUT2D eigenvalue weighted by atomic mass is 19.1. The maximum Gasteiger partial charge on any atom is 0.272 e. The number of carbonyl (C=O) groups excluding carboxylic acids is 1. The van der Waals surface area contributed by atoms with E-state index in [1.807, 2.05) is 19.1 Å². The number of likely N-dealkylation sites (tertiary alicyclic amines) is 1. The van der Waals surface area contributed by atoms with E-state index in [1.165, 1.54) is 18.3 Å². The van der Waals surface area contributed by atoms with Crippen LogP contribution in [0.4, 0.5) is 4.39 Å². The minimum Gasteiger partial charge on any atom is -0.472 e. The van der Waals surface area contributed by atoms with E-state index in [9.17, 15) is 9.18 Å². The van der Waals surface area contributed by atoms with Gasteiger partial charge >= 0.3 is 0 Å². The molecule has 2 fully saturated rings. The van der Waals surface area contributed by atoms with E-state index in [0.29, 0.717) is 38.2 Å². The molecule has 26 heavy (non-hydrogen) atoms. The van der Waals surface area contributed by atoms with Crippen LogP contribution in [0.5, 0.6) is 5.88 Å². The van der Waals surface area contributed by atoms with Gasteiger partial charge in [-0.05, 0) is 31.2 Å². The predicted molar refractivity (Wildman–Crippen MR) is 91.4 cm³/mol. The van der Waals surface area contributed by atoms with Crippen LogP contribution < -0.4 is 4.74 Å². The summed E-state index contributed by atoms with van der Waals surface area (Å²) in [5.74, 6) is -0.545. The molecule has 7 heteroatoms. The quantitative estimate of drug-likeness (QED) is 0.844. The average Bonchev–Trinajstić information content (AvgIpc) is 2.61. The van der Waals surface area contributed by atoms with Crippen LogP contribution in [-0.4, -0.2) is 52.2 Å². The van der Waals surface area contributed by atoms with Gasteiger partial charge in [-0.3, -0.25) is 4.79 Å². The molecule has 0 N–H and O–H groups in total. The van der Waals surface area contributed by atoms with Crippen LogP contribution in [0.3, 0.4) is 0 Å². The lowest BCUT2D eigenvalue weighted by molar-refractivity contribution is -0.174. The smallest absolute Gasteiger partial charge is 0.272 e. The van der Waals surface area contributed by atoms with Gasteiger partial charge in [0.25, 0.3) is 11.8 Å². The fraction of sp³-hybridized carbons (Fsp3) is 0.421. The van der Waals surface area contributed by atoms with E-state index in [4.69, 9.17) is 9.47 Å². The van der Waals surface area contributed by atoms with Crippen LogP contribution in [0, 0.1) is 12.7 Å². The van der Waals surface area contributed by atoms with Gasteiger partial charge in [0.05, 0.1) is 19.7 Å². The highest BCUT2D eigenvalue weighted by Gasteiger charge is 2.50. The number of carbonyl (C=O) groups is 1. The van der Waals surface area contributed by atoms with Crippen molar-refractivity contribution >= 4 is 5.91 Å². The van der Waals surface area contributed by atoms with Crippen LogP contribution in [0.1, 0.15) is 29.0 Å². The third-order valence-electron chi connectivity index (χ3n) is 4.80. The number of hydrogen-bond acceptors (Lipinski definition) is 5. The second-order valence-electron chi connectivity index (χ2n) is 6.88. The van der Waals surface area contributed by atoms with Crippen molar-refractivity contribution in [2.45, 2.75) is 31.5 Å². The Hall–Kier alpha value is -2.54. The Morgan fingerprint density at radius 3 is 2.96 bits per heavy atom. The van der Waals surface area contributed by atoms with Crippen LogP contribution in [0.15, 0.2) is 36.5 Å². The van der Waals surface area contributed by atoms with Gasteiger partial charge in [0.1, 0.15) is 17.4 Å². The van der Waals surface area contributed by atoms with Gasteiger partial charge in [-0.2, -0.15) is 0 Å². The van der Waals surface area contributed by atoms with Crippen molar-refractivity contribution in [2.24, 2.45) is 0 Å². The molecule has 0 aromatic carbocycles. The zero-order chi connectivity index (χ0) is 18.1. The van der Waals surface area contributed by atoms with Crippen LogP contribution >= 0.6 is 0 Å². The largest absolute Gasteiger partial charge is 0.472 e. The molecule has 6 nitrogen and oxygen atoms in total. The van der Waals surface area contributed by atoms with E-state index in [-0.39, 0.29) is 17.9 Å². The molecule has 2 aromatic heterocycles. The topological polar surface area (TPSA) is 64.6 Å². The molecule has 0 aliphatic carbocycles. The van der Waals surface area contributed by atoms with E-state index >= 15 is 0 Å². The van der Waals surface area contributed by atoms with Gasteiger partial charge in [0.2, 0.25) is 0 Å². The van der Waals surface area contributed by atoms with Crippen molar-refractivity contribution in [1.82, 2.24) is 14.9 Å². The van der Waals surface area contributed by atoms with Gasteiger partial charge in [-0.25, -0.2) is 14.4 Å². The first-order valence-corrected chi connectivity index (χ1v) is 8.69. The van der Waals surface area contributed by atoms with Gasteiger partial charge < -0.3 is 14.4 Å². The summed E-state index contributed by atoms with van der Waals surface area (Å²) in [6.07, 6.45) is 2.60. The molecular formula is C19H20FN3O3. The number of pyridine rings is 2. The Morgan fingerprint density at radius 2 is 2.19 bits per heavy atom. The Balaban J connectivity index is 1.38. The van der Waals surface area contributed by atoms with Gasteiger partial charge in [-0.15, -0.1) is 0 Å². The number of nitrogens with zero attached hydrogens (tertiary/aromatic N) is 3. The van der Waals surface area contributed by atoms with Gasteiger partial charge in [0, 0.05) is 24.7 Å². The highest BCUT2D eigenvalue weighted by molar-refractivity contribution is 5.93. The third-order valence-corrected chi connectivity index (χ3v) is 4.80. The van der Waals surface area contributed by atoms with Crippen molar-refractivity contribution in [1.29, 1.82) is 0 Å². The molecule has 1 spiro atoms. The fourth-order valence-electron chi connectivity index (χ4n) is 3.54. The zero-order valence-electron chi connectivity index (χ0n) is 14.5. The maximum absolute atomic E-state index is 13.7. The molecule has 2 saturated heterocycles. The first kappa shape index (κ1) is 16.9. The molecule has 136 valence electrons. The molecule has 2 aromatic rings. The number of ether oxygens (including phenoxy) is 2. The van der Waals surface area contributed by atoms with Crippen molar-refractivity contribution in [3.05, 3.63) is 53.7 Å². The van der Waals surface area contributed by atoms with Crippen molar-refractivity contribution in [3.63, 3.8) is 0 Å². The predicted octanol–water partition coefficient (Wildman–Crippen LogP) is 2.38. The van der Waals surface area contributed by atoms with Crippen LogP contribution in [-0.2, 0) is 4.74 Å². The average molecular weight is 357 g/mol. The molecule has 0 unspecified atom stereocenters. The number of rotatable bonds is 3. The highest BCUT2D eigenvalue weighted by Crippen LogP contribution is 2.36. The summed E-state index contributed by atoms with van der Waals surface area (Å²) in [5.41, 5.74) is 0.832. The lowest BCUT2D eigenvalue weighted by Crippen LogP contribution is -2.67. The van der Waals surface area contributed by atoms with Gasteiger partial charge in [0.15, 0.2) is 5.82 Å². The van der Waals surface area contributed by atoms with E-state index in [1.54, 1.807) is 11.0 Å². The summed E-state index contributed by atoms with van der Waals surface area (Å²) in [7, 11) is 0. The Bertz CT molecular complexity index is 823. The number of halogens is 1. The summed E-state index contributed by atoms with van der Waals surface area (Å²) in [6, 6.07) is 8.26. The molecule has 4 rings (SSSR count). The molecule has 2 aliphatic heterocycles. The number of aromatic nitrogens is 2. The number of aryl methyl sites for hydroxylation is 1. The first-order valence-electron chi connectivity index (χ1n) is 8.69. The van der Waals surface area contributed by atoms with E-state index in [0.717, 1.165) is 5.69 Å². The van der Waals surface area contributed by atoms with Crippen LogP contribution in [0.25, 0.3) is 0 Å². The third kappa shape index (κ3) is 3.26. The maximum atomic E-state index is 13.7. The second kappa shape index (κ2) is 6.64. The molecule has 0 radical (unpaired) electrons. The molecular weight excluding hydrogens is 337 g/mol. The van der Waals surface area contributed by atoms with E-state index in [2.05, 4.69) is 9.97 Å². The molecule has 4 heterocycles. The lowest BCUT2D eigenvalue weighted by atomic mass is 9.84. The zero-order valence-corrected chi connectivity index (χ0v) is 14.5. The number of amides is 1. The molecule has 0 saturated carbocycles. The molecule has 0 bridgehead atoms. The first-order chi connectivity index (χ1) is 12.5. The summed E-state index contributed by atoms with van der Waals surface area (Å²) in [4.78, 5) is 22.5. The lowest BCUT2D eigenvalue weighted by Gasteiger charge is -2.52. The second-order valence-corrected chi connectivity index (χ2v) is 6.88. The summed E-state index contributed by atoms with van der Waals surface area (Å²) in [5, 5.41) is 0. The molecule has 1 atom stereocenters. The van der Waals surface area contributed by atoms with Crippen molar-refractivity contribution in [3.8, 4) is 5.88 Å². The normalized spacial score (nSPS) is 21.3. The van der Waals surface area contributed by atoms with Crippen molar-refractivity contribution < 1.29 is 18.7 Å². The molecule has 1 amide bonds.